The van der Waals surface area contributed by atoms with E-state index in [2.05, 4.69) is 164 Å². The van der Waals surface area contributed by atoms with E-state index in [-0.39, 0.29) is 0 Å². The van der Waals surface area contributed by atoms with Gasteiger partial charge < -0.3 is 13.7 Å². The Morgan fingerprint density at radius 2 is 1.00 bits per heavy atom. The number of fused-ring (bicyclic) bond motifs is 9. The summed E-state index contributed by atoms with van der Waals surface area (Å²) in [4.78, 5) is 3.86. The van der Waals surface area contributed by atoms with E-state index >= 15 is 0 Å². The average Bonchev–Trinajstić information content (AvgIpc) is 3.89. The first-order valence-corrected chi connectivity index (χ1v) is 18.3. The van der Waals surface area contributed by atoms with Gasteiger partial charge in [-0.3, -0.25) is 0 Å². The van der Waals surface area contributed by atoms with Gasteiger partial charge in [0.05, 0.1) is 57.2 Å². The molecule has 8 aromatic carbocycles. The third-order valence-corrected chi connectivity index (χ3v) is 11.1. The van der Waals surface area contributed by atoms with E-state index in [0.29, 0.717) is 11.3 Å². The van der Waals surface area contributed by atoms with Gasteiger partial charge in [0, 0.05) is 43.7 Å². The molecule has 0 aliphatic heterocycles. The molecule has 254 valence electrons. The van der Waals surface area contributed by atoms with E-state index < -0.39 is 0 Å². The van der Waals surface area contributed by atoms with E-state index in [9.17, 15) is 5.26 Å². The molecular weight excluding hydrogens is 671 g/mol. The second-order valence-corrected chi connectivity index (χ2v) is 13.9. The van der Waals surface area contributed by atoms with Crippen molar-refractivity contribution in [1.29, 1.82) is 5.26 Å². The van der Waals surface area contributed by atoms with Crippen molar-refractivity contribution in [3.63, 3.8) is 0 Å². The van der Waals surface area contributed by atoms with Crippen molar-refractivity contribution < 1.29 is 0 Å². The lowest BCUT2D eigenvalue weighted by Crippen LogP contribution is -2.02. The summed E-state index contributed by atoms with van der Waals surface area (Å²) in [5.74, 6) is 0. The maximum absolute atomic E-state index is 10.3. The van der Waals surface area contributed by atoms with E-state index in [1.54, 1.807) is 0 Å². The summed E-state index contributed by atoms with van der Waals surface area (Å²) < 4.78 is 6.98. The van der Waals surface area contributed by atoms with Gasteiger partial charge in [0.25, 0.3) is 0 Å². The molecule has 0 bridgehead atoms. The Morgan fingerprint density at radius 3 is 1.65 bits per heavy atom. The molecule has 3 heterocycles. The number of para-hydroxylation sites is 5. The van der Waals surface area contributed by atoms with Gasteiger partial charge in [-0.25, -0.2) is 4.85 Å². The number of benzene rings is 8. The Labute approximate surface area is 316 Å². The fourth-order valence-corrected chi connectivity index (χ4v) is 8.81. The molecule has 0 N–H and O–H groups in total. The van der Waals surface area contributed by atoms with Crippen LogP contribution in [0.5, 0.6) is 0 Å². The zero-order chi connectivity index (χ0) is 36.6. The van der Waals surface area contributed by atoms with E-state index in [1.165, 1.54) is 10.8 Å². The zero-order valence-electron chi connectivity index (χ0n) is 29.5. The van der Waals surface area contributed by atoms with Crippen molar-refractivity contribution in [2.75, 3.05) is 0 Å². The van der Waals surface area contributed by atoms with Gasteiger partial charge in [-0.1, -0.05) is 115 Å². The second-order valence-electron chi connectivity index (χ2n) is 13.9. The molecule has 5 heteroatoms. The van der Waals surface area contributed by atoms with Crippen molar-refractivity contribution in [3.8, 4) is 34.3 Å². The molecule has 0 amide bonds. The fraction of sp³-hybridized carbons (Fsp3) is 0. The van der Waals surface area contributed by atoms with Crippen LogP contribution in [0.1, 0.15) is 5.56 Å². The van der Waals surface area contributed by atoms with Crippen molar-refractivity contribution >= 4 is 71.1 Å². The Morgan fingerprint density at radius 1 is 0.455 bits per heavy atom. The van der Waals surface area contributed by atoms with Gasteiger partial charge in [0.15, 0.2) is 5.69 Å². The molecule has 5 nitrogen and oxygen atoms in total. The van der Waals surface area contributed by atoms with Crippen LogP contribution in [-0.4, -0.2) is 13.7 Å². The number of aromatic nitrogens is 3. The minimum absolute atomic E-state index is 0.594. The van der Waals surface area contributed by atoms with Crippen LogP contribution in [0.4, 0.5) is 5.69 Å². The quantitative estimate of drug-likeness (QED) is 0.169. The number of nitriles is 1. The van der Waals surface area contributed by atoms with Crippen molar-refractivity contribution in [2.24, 2.45) is 0 Å². The predicted molar refractivity (Wildman–Crippen MR) is 226 cm³/mol. The van der Waals surface area contributed by atoms with Gasteiger partial charge >= 0.3 is 0 Å². The summed E-state index contributed by atoms with van der Waals surface area (Å²) in [5, 5.41) is 17.0. The van der Waals surface area contributed by atoms with Crippen LogP contribution in [0, 0.1) is 17.9 Å². The van der Waals surface area contributed by atoms with Crippen LogP contribution >= 0.6 is 0 Å². The first-order valence-electron chi connectivity index (χ1n) is 18.3. The monoisotopic (exact) mass is 699 g/mol. The number of hydrogen-bond donors (Lipinski definition) is 0. The summed E-state index contributed by atoms with van der Waals surface area (Å²) in [6.45, 7) is 7.86. The highest BCUT2D eigenvalue weighted by Gasteiger charge is 2.22. The highest BCUT2D eigenvalue weighted by Crippen LogP contribution is 2.42. The molecule has 0 saturated heterocycles. The molecule has 11 aromatic rings. The lowest BCUT2D eigenvalue weighted by Gasteiger charge is -2.18. The van der Waals surface area contributed by atoms with Gasteiger partial charge in [-0.2, -0.15) is 5.26 Å². The van der Waals surface area contributed by atoms with Crippen LogP contribution in [0.2, 0.25) is 0 Å². The SMILES string of the molecule is [C-]#[N+]c1cccc2c1c1ccccc1n2-c1ccc(-c2ccc(C#N)cc2-n2c3ccccc3c3cccc(-n4c5ccccc5c5ccccc54)c32)cc1. The third-order valence-electron chi connectivity index (χ3n) is 11.1. The first-order chi connectivity index (χ1) is 27.2. The largest absolute Gasteiger partial charge is 0.311 e. The molecule has 0 unspecified atom stereocenters. The number of rotatable bonds is 4. The maximum atomic E-state index is 10.3. The van der Waals surface area contributed by atoms with Gasteiger partial charge in [0.1, 0.15) is 0 Å². The van der Waals surface area contributed by atoms with Gasteiger partial charge in [-0.05, 0) is 71.6 Å². The molecule has 0 aliphatic carbocycles. The van der Waals surface area contributed by atoms with Crippen molar-refractivity contribution in [3.05, 3.63) is 193 Å². The van der Waals surface area contributed by atoms with Crippen LogP contribution in [0.3, 0.4) is 0 Å². The van der Waals surface area contributed by atoms with Gasteiger partial charge in [0.2, 0.25) is 0 Å². The Hall–Kier alpha value is -7.86. The minimum atomic E-state index is 0.594. The molecule has 0 saturated carbocycles. The summed E-state index contributed by atoms with van der Waals surface area (Å²) in [7, 11) is 0. The molecule has 55 heavy (non-hydrogen) atoms. The molecule has 0 fully saturated rings. The smallest absolute Gasteiger partial charge is 0.197 e. The molecular formula is C50H29N5. The normalized spacial score (nSPS) is 11.6. The first kappa shape index (κ1) is 30.7. The Bertz CT molecular complexity index is 3400. The standard InChI is InChI=1S/C50H29N5/c1-52-41-17-11-22-46-49(41)40-15-5-9-21-45(40)53(46)34-27-25-33(26-28-34)35-29-24-32(31-51)30-48(35)55-44-20-8-4-14-38(44)39-16-10-23-47(50(39)55)54-42-18-6-2-12-36(42)37-13-3-7-19-43(37)54/h2-30H. The van der Waals surface area contributed by atoms with E-state index in [0.717, 1.165) is 82.8 Å². The molecule has 0 atom stereocenters. The molecule has 0 aliphatic rings. The summed E-state index contributed by atoms with van der Waals surface area (Å²) >= 11 is 0. The summed E-state index contributed by atoms with van der Waals surface area (Å²) in [5.41, 5.74) is 12.8. The lowest BCUT2D eigenvalue weighted by atomic mass is 10.0. The van der Waals surface area contributed by atoms with Crippen LogP contribution in [-0.2, 0) is 0 Å². The van der Waals surface area contributed by atoms with Crippen LogP contribution in [0.15, 0.2) is 176 Å². The van der Waals surface area contributed by atoms with E-state index in [4.69, 9.17) is 6.57 Å². The van der Waals surface area contributed by atoms with Crippen LogP contribution in [0.25, 0.3) is 98.5 Å². The van der Waals surface area contributed by atoms with Crippen molar-refractivity contribution in [1.82, 2.24) is 13.7 Å². The number of hydrogen-bond acceptors (Lipinski definition) is 1. The molecule has 0 spiro atoms. The van der Waals surface area contributed by atoms with Crippen molar-refractivity contribution in [2.45, 2.75) is 0 Å². The predicted octanol–water partition coefficient (Wildman–Crippen LogP) is 13.1. The highest BCUT2D eigenvalue weighted by molar-refractivity contribution is 6.16. The number of nitrogens with zero attached hydrogens (tertiary/aromatic N) is 5. The lowest BCUT2D eigenvalue weighted by molar-refractivity contribution is 1.13. The summed E-state index contributed by atoms with van der Waals surface area (Å²) in [6, 6.07) is 63.7. The average molecular weight is 700 g/mol. The fourth-order valence-electron chi connectivity index (χ4n) is 8.81. The molecule has 0 radical (unpaired) electrons. The Balaban J connectivity index is 1.17. The third kappa shape index (κ3) is 4.39. The summed E-state index contributed by atoms with van der Waals surface area (Å²) in [6.07, 6.45) is 0. The zero-order valence-corrected chi connectivity index (χ0v) is 29.5. The topological polar surface area (TPSA) is 42.9 Å². The minimum Gasteiger partial charge on any atom is -0.311 e. The van der Waals surface area contributed by atoms with Crippen LogP contribution < -0.4 is 0 Å². The second kappa shape index (κ2) is 11.8. The van der Waals surface area contributed by atoms with Gasteiger partial charge in [-0.15, -0.1) is 0 Å². The Kier molecular flexibility index (Phi) is 6.61. The maximum Gasteiger partial charge on any atom is 0.197 e. The van der Waals surface area contributed by atoms with E-state index in [1.807, 2.05) is 36.4 Å². The molecule has 3 aromatic heterocycles. The highest BCUT2D eigenvalue weighted by atomic mass is 15.1. The molecule has 11 rings (SSSR count).